The Morgan fingerprint density at radius 2 is 1.74 bits per heavy atom. The molecule has 2 heterocycles. The predicted molar refractivity (Wildman–Crippen MR) is 128 cm³/mol. The maximum atomic E-state index is 13.0. The minimum absolute atomic E-state index is 0.0155. The Bertz CT molecular complexity index is 1330. The van der Waals surface area contributed by atoms with Crippen molar-refractivity contribution in [2.75, 3.05) is 13.1 Å². The van der Waals surface area contributed by atoms with Crippen LogP contribution in [0.15, 0.2) is 59.5 Å². The van der Waals surface area contributed by atoms with Crippen LogP contribution in [0.2, 0.25) is 0 Å². The minimum Gasteiger partial charge on any atom is -0.352 e. The number of amides is 1. The number of hydrogen-bond acceptors (Lipinski definition) is 5. The number of sulfonamides is 1. The molecule has 1 aromatic heterocycles. The fourth-order valence-corrected chi connectivity index (χ4v) is 5.96. The smallest absolute Gasteiger partial charge is 0.244 e. The Kier molecular flexibility index (Phi) is 6.82. The van der Waals surface area contributed by atoms with Crippen molar-refractivity contribution in [3.05, 3.63) is 77.1 Å². The van der Waals surface area contributed by atoms with Crippen molar-refractivity contribution in [3.8, 4) is 11.8 Å². The van der Waals surface area contributed by atoms with Gasteiger partial charge in [0.25, 0.3) is 0 Å². The molecule has 34 heavy (non-hydrogen) atoms. The van der Waals surface area contributed by atoms with Gasteiger partial charge in [0, 0.05) is 36.8 Å². The van der Waals surface area contributed by atoms with Gasteiger partial charge in [-0.25, -0.2) is 13.1 Å². The number of piperidine rings is 1. The highest BCUT2D eigenvalue weighted by Gasteiger charge is 2.33. The molecule has 2 aromatic carbocycles. The Morgan fingerprint density at radius 3 is 2.41 bits per heavy atom. The minimum atomic E-state index is -3.78. The summed E-state index contributed by atoms with van der Waals surface area (Å²) in [5, 5.41) is 16.9. The van der Waals surface area contributed by atoms with Crippen LogP contribution in [0.3, 0.4) is 0 Å². The second-order valence-electron chi connectivity index (χ2n) is 8.40. The molecule has 1 amide bonds. The summed E-state index contributed by atoms with van der Waals surface area (Å²) in [6.45, 7) is 4.76. The Labute approximate surface area is 199 Å². The van der Waals surface area contributed by atoms with Crippen LogP contribution in [-0.2, 0) is 21.4 Å². The van der Waals surface area contributed by atoms with Gasteiger partial charge in [-0.05, 0) is 51.0 Å². The first kappa shape index (κ1) is 23.7. The summed E-state index contributed by atoms with van der Waals surface area (Å²) in [5.41, 5.74) is 3.90. The summed E-state index contributed by atoms with van der Waals surface area (Å²) in [4.78, 5) is 12.9. The van der Waals surface area contributed by atoms with Gasteiger partial charge in [-0.1, -0.05) is 30.3 Å². The molecule has 9 heteroatoms. The van der Waals surface area contributed by atoms with E-state index in [0.717, 1.165) is 22.6 Å². The maximum Gasteiger partial charge on any atom is 0.244 e. The van der Waals surface area contributed by atoms with E-state index in [0.29, 0.717) is 19.4 Å². The molecule has 4 rings (SSSR count). The monoisotopic (exact) mass is 477 g/mol. The van der Waals surface area contributed by atoms with Gasteiger partial charge >= 0.3 is 0 Å². The van der Waals surface area contributed by atoms with Gasteiger partial charge in [0.1, 0.15) is 6.07 Å². The van der Waals surface area contributed by atoms with Crippen LogP contribution in [0, 0.1) is 31.1 Å². The number of rotatable bonds is 6. The summed E-state index contributed by atoms with van der Waals surface area (Å²) < 4.78 is 29.3. The number of aromatic nitrogens is 2. The second kappa shape index (κ2) is 9.79. The molecule has 0 unspecified atom stereocenters. The Morgan fingerprint density at radius 1 is 1.09 bits per heavy atom. The van der Waals surface area contributed by atoms with Crippen molar-refractivity contribution in [3.63, 3.8) is 0 Å². The number of benzene rings is 2. The average Bonchev–Trinajstić information content (AvgIpc) is 3.16. The zero-order valence-corrected chi connectivity index (χ0v) is 20.0. The molecule has 0 radical (unpaired) electrons. The zero-order chi connectivity index (χ0) is 24.3. The van der Waals surface area contributed by atoms with Gasteiger partial charge in [0.15, 0.2) is 0 Å². The van der Waals surface area contributed by atoms with Crippen molar-refractivity contribution >= 4 is 15.9 Å². The first-order chi connectivity index (χ1) is 16.3. The molecule has 0 atom stereocenters. The lowest BCUT2D eigenvalue weighted by Gasteiger charge is -2.30. The van der Waals surface area contributed by atoms with E-state index < -0.39 is 10.0 Å². The normalized spacial score (nSPS) is 15.1. The molecule has 0 aliphatic carbocycles. The summed E-state index contributed by atoms with van der Waals surface area (Å²) in [6.07, 6.45) is 0.863. The van der Waals surface area contributed by atoms with Crippen LogP contribution >= 0.6 is 0 Å². The highest BCUT2D eigenvalue weighted by Crippen LogP contribution is 2.26. The summed E-state index contributed by atoms with van der Waals surface area (Å²) in [6, 6.07) is 18.0. The number of carbonyl (C=O) groups is 1. The van der Waals surface area contributed by atoms with Gasteiger partial charge in [0.05, 0.1) is 21.8 Å². The third-order valence-electron chi connectivity index (χ3n) is 6.33. The lowest BCUT2D eigenvalue weighted by atomic mass is 9.97. The molecule has 1 aliphatic rings. The number of nitriles is 1. The summed E-state index contributed by atoms with van der Waals surface area (Å²) in [5.74, 6) is -0.344. The van der Waals surface area contributed by atoms with Crippen molar-refractivity contribution in [2.24, 2.45) is 5.92 Å². The van der Waals surface area contributed by atoms with E-state index in [4.69, 9.17) is 0 Å². The van der Waals surface area contributed by atoms with E-state index in [9.17, 15) is 18.5 Å². The molecule has 0 spiro atoms. The number of nitrogens with zero attached hydrogens (tertiary/aromatic N) is 4. The lowest BCUT2D eigenvalue weighted by Crippen LogP contribution is -2.43. The van der Waals surface area contributed by atoms with Crippen molar-refractivity contribution in [1.82, 2.24) is 19.4 Å². The van der Waals surface area contributed by atoms with Gasteiger partial charge in [-0.2, -0.15) is 14.7 Å². The molecule has 0 saturated carbocycles. The fourth-order valence-electron chi connectivity index (χ4n) is 4.35. The standard InChI is InChI=1S/C25H27N5O3S/c1-18-23(19(2)30(28-18)22-9-4-3-5-10-22)17-27-25(31)20-12-14-29(15-13-20)34(32,33)24-11-7-6-8-21(24)16-26/h3-11,20H,12-15,17H2,1-2H3,(H,27,31). The van der Waals surface area contributed by atoms with Crippen molar-refractivity contribution in [2.45, 2.75) is 38.1 Å². The van der Waals surface area contributed by atoms with Crippen LogP contribution in [-0.4, -0.2) is 41.5 Å². The largest absolute Gasteiger partial charge is 0.352 e. The van der Waals surface area contributed by atoms with Crippen molar-refractivity contribution < 1.29 is 13.2 Å². The topological polar surface area (TPSA) is 108 Å². The van der Waals surface area contributed by atoms with Gasteiger partial charge in [-0.3, -0.25) is 4.79 Å². The maximum absolute atomic E-state index is 13.0. The Hall–Kier alpha value is -3.48. The van der Waals surface area contributed by atoms with Gasteiger partial charge < -0.3 is 5.32 Å². The van der Waals surface area contributed by atoms with E-state index >= 15 is 0 Å². The first-order valence-electron chi connectivity index (χ1n) is 11.2. The average molecular weight is 478 g/mol. The molecule has 1 N–H and O–H groups in total. The molecular formula is C25H27N5O3S. The summed E-state index contributed by atoms with van der Waals surface area (Å²) >= 11 is 0. The third kappa shape index (κ3) is 4.60. The van der Waals surface area contributed by atoms with Crippen LogP contribution in [0.1, 0.15) is 35.4 Å². The number of nitrogens with one attached hydrogen (secondary N) is 1. The molecule has 8 nitrogen and oxygen atoms in total. The number of para-hydroxylation sites is 1. The molecular weight excluding hydrogens is 450 g/mol. The Balaban J connectivity index is 1.38. The van der Waals surface area contributed by atoms with E-state index in [1.54, 1.807) is 12.1 Å². The van der Waals surface area contributed by atoms with E-state index in [-0.39, 0.29) is 35.4 Å². The number of carbonyl (C=O) groups excluding carboxylic acids is 1. The highest BCUT2D eigenvalue weighted by molar-refractivity contribution is 7.89. The molecule has 3 aromatic rings. The quantitative estimate of drug-likeness (QED) is 0.587. The van der Waals surface area contributed by atoms with E-state index in [1.807, 2.05) is 54.9 Å². The second-order valence-corrected chi connectivity index (χ2v) is 10.3. The van der Waals surface area contributed by atoms with Crippen LogP contribution in [0.25, 0.3) is 5.69 Å². The summed E-state index contributed by atoms with van der Waals surface area (Å²) in [7, 11) is -3.78. The number of aryl methyl sites for hydroxylation is 1. The first-order valence-corrected chi connectivity index (χ1v) is 12.6. The van der Waals surface area contributed by atoms with Crippen LogP contribution in [0.5, 0.6) is 0 Å². The fraction of sp³-hybridized carbons (Fsp3) is 0.320. The SMILES string of the molecule is Cc1nn(-c2ccccc2)c(C)c1CNC(=O)C1CCN(S(=O)(=O)c2ccccc2C#N)CC1. The van der Waals surface area contributed by atoms with E-state index in [1.165, 1.54) is 16.4 Å². The zero-order valence-electron chi connectivity index (χ0n) is 19.2. The number of hydrogen-bond donors (Lipinski definition) is 1. The van der Waals surface area contributed by atoms with Gasteiger partial charge in [0.2, 0.25) is 15.9 Å². The lowest BCUT2D eigenvalue weighted by molar-refractivity contribution is -0.126. The molecule has 176 valence electrons. The highest BCUT2D eigenvalue weighted by atomic mass is 32.2. The van der Waals surface area contributed by atoms with Crippen molar-refractivity contribution in [1.29, 1.82) is 5.26 Å². The third-order valence-corrected chi connectivity index (χ3v) is 8.29. The molecule has 1 saturated heterocycles. The van der Waals surface area contributed by atoms with Crippen LogP contribution in [0.4, 0.5) is 0 Å². The van der Waals surface area contributed by atoms with Crippen LogP contribution < -0.4 is 5.32 Å². The molecule has 1 fully saturated rings. The predicted octanol–water partition coefficient (Wildman–Crippen LogP) is 3.08. The molecule has 0 bridgehead atoms. The van der Waals surface area contributed by atoms with E-state index in [2.05, 4.69) is 10.4 Å². The van der Waals surface area contributed by atoms with Gasteiger partial charge in [-0.15, -0.1) is 0 Å². The molecule has 1 aliphatic heterocycles.